The van der Waals surface area contributed by atoms with Crippen LogP contribution < -0.4 is 0 Å². The zero-order chi connectivity index (χ0) is 12.4. The summed E-state index contributed by atoms with van der Waals surface area (Å²) in [7, 11) is 1.38. The van der Waals surface area contributed by atoms with Crippen molar-refractivity contribution in [1.82, 2.24) is 0 Å². The Bertz CT molecular complexity index is 223. The Hall–Kier alpha value is -0.840. The summed E-state index contributed by atoms with van der Waals surface area (Å²) in [5.41, 5.74) is -0.963. The highest BCUT2D eigenvalue weighted by atomic mass is 35.5. The van der Waals surface area contributed by atoms with E-state index in [4.69, 9.17) is 11.6 Å². The molecule has 0 aliphatic rings. The van der Waals surface area contributed by atoms with Gasteiger partial charge in [-0.1, -0.05) is 19.3 Å². The van der Waals surface area contributed by atoms with Crippen LogP contribution in [0.3, 0.4) is 0 Å². The minimum Gasteiger partial charge on any atom is -0.469 e. The molecule has 6 heteroatoms. The molecule has 0 spiro atoms. The van der Waals surface area contributed by atoms with Crippen molar-refractivity contribution in [2.24, 2.45) is 0 Å². The van der Waals surface area contributed by atoms with Crippen LogP contribution in [0.5, 0.6) is 0 Å². The number of unbranched alkanes of at least 4 members (excludes halogenated alkanes) is 4. The molecular formula is C10H18ClNO4. The summed E-state index contributed by atoms with van der Waals surface area (Å²) in [6.45, 7) is 0. The zero-order valence-electron chi connectivity index (χ0n) is 9.49. The van der Waals surface area contributed by atoms with Crippen molar-refractivity contribution in [2.75, 3.05) is 7.11 Å². The first kappa shape index (κ1) is 15.2. The number of methoxy groups -OCH3 is 1. The largest absolute Gasteiger partial charge is 0.469 e. The molecule has 5 nitrogen and oxygen atoms in total. The third-order valence-electron chi connectivity index (χ3n) is 2.28. The van der Waals surface area contributed by atoms with Crippen molar-refractivity contribution in [3.8, 4) is 0 Å². The van der Waals surface area contributed by atoms with E-state index < -0.39 is 10.4 Å². The maximum Gasteiger partial charge on any atom is 0.305 e. The van der Waals surface area contributed by atoms with Gasteiger partial charge in [-0.05, 0) is 24.4 Å². The number of alkyl halides is 1. The number of rotatable bonds is 9. The molecule has 0 aromatic carbocycles. The van der Waals surface area contributed by atoms with Crippen molar-refractivity contribution in [3.05, 3.63) is 10.1 Å². The summed E-state index contributed by atoms with van der Waals surface area (Å²) in [6.07, 6.45) is 5.26. The molecule has 0 amide bonds. The summed E-state index contributed by atoms with van der Waals surface area (Å²) >= 11 is 5.46. The maximum absolute atomic E-state index is 10.8. The molecule has 0 aliphatic carbocycles. The van der Waals surface area contributed by atoms with Crippen LogP contribution in [0.25, 0.3) is 0 Å². The molecule has 1 atom stereocenters. The smallest absolute Gasteiger partial charge is 0.305 e. The lowest BCUT2D eigenvalue weighted by molar-refractivity contribution is -0.499. The minimum atomic E-state index is -0.963. The summed E-state index contributed by atoms with van der Waals surface area (Å²) < 4.78 is 4.50. The van der Waals surface area contributed by atoms with Crippen molar-refractivity contribution >= 4 is 17.6 Å². The number of carbonyl (C=O) groups excluding carboxylic acids is 1. The average Bonchev–Trinajstić information content (AvgIpc) is 2.26. The molecule has 0 N–H and O–H groups in total. The van der Waals surface area contributed by atoms with Gasteiger partial charge in [-0.2, -0.15) is 0 Å². The Kier molecular flexibility index (Phi) is 8.90. The van der Waals surface area contributed by atoms with Gasteiger partial charge in [0, 0.05) is 17.8 Å². The Balaban J connectivity index is 3.22. The first-order valence-electron chi connectivity index (χ1n) is 5.42. The predicted molar refractivity (Wildman–Crippen MR) is 61.0 cm³/mol. The fourth-order valence-electron chi connectivity index (χ4n) is 1.32. The van der Waals surface area contributed by atoms with Crippen LogP contribution in [-0.2, 0) is 9.53 Å². The monoisotopic (exact) mass is 251 g/mol. The van der Waals surface area contributed by atoms with Crippen LogP contribution in [0.15, 0.2) is 0 Å². The molecule has 0 aromatic heterocycles. The van der Waals surface area contributed by atoms with E-state index >= 15 is 0 Å². The molecule has 1 unspecified atom stereocenters. The van der Waals surface area contributed by atoms with Gasteiger partial charge < -0.3 is 4.74 Å². The third kappa shape index (κ3) is 8.47. The molecule has 0 bridgehead atoms. The number of esters is 1. The number of nitrogens with zero attached hydrogens (tertiary/aromatic N) is 1. The molecule has 94 valence electrons. The summed E-state index contributed by atoms with van der Waals surface area (Å²) in [4.78, 5) is 20.5. The van der Waals surface area contributed by atoms with E-state index in [1.807, 2.05) is 0 Å². The van der Waals surface area contributed by atoms with E-state index in [0.717, 1.165) is 32.1 Å². The molecule has 0 fully saturated rings. The molecule has 0 heterocycles. The number of nitro groups is 1. The van der Waals surface area contributed by atoms with E-state index in [0.29, 0.717) is 12.8 Å². The lowest BCUT2D eigenvalue weighted by atomic mass is 10.1. The quantitative estimate of drug-likeness (QED) is 0.158. The van der Waals surface area contributed by atoms with Crippen LogP contribution in [0.1, 0.15) is 44.9 Å². The second-order valence-corrected chi connectivity index (χ2v) is 4.11. The Morgan fingerprint density at radius 3 is 2.44 bits per heavy atom. The highest BCUT2D eigenvalue weighted by Crippen LogP contribution is 2.12. The maximum atomic E-state index is 10.8. The van der Waals surface area contributed by atoms with Crippen LogP contribution in [0.4, 0.5) is 0 Å². The highest BCUT2D eigenvalue weighted by molar-refractivity contribution is 6.19. The molecule has 0 saturated heterocycles. The molecule has 0 saturated carbocycles. The topological polar surface area (TPSA) is 69.4 Å². The zero-order valence-corrected chi connectivity index (χ0v) is 10.2. The normalized spacial score (nSPS) is 12.1. The van der Waals surface area contributed by atoms with Crippen molar-refractivity contribution in [3.63, 3.8) is 0 Å². The van der Waals surface area contributed by atoms with Crippen LogP contribution in [0.2, 0.25) is 0 Å². The van der Waals surface area contributed by atoms with Crippen LogP contribution >= 0.6 is 11.6 Å². The average molecular weight is 252 g/mol. The van der Waals surface area contributed by atoms with E-state index in [-0.39, 0.29) is 5.97 Å². The molecule has 0 aliphatic heterocycles. The van der Waals surface area contributed by atoms with Gasteiger partial charge in [0.25, 0.3) is 5.50 Å². The van der Waals surface area contributed by atoms with Gasteiger partial charge in [-0.3, -0.25) is 14.9 Å². The van der Waals surface area contributed by atoms with Gasteiger partial charge >= 0.3 is 5.97 Å². The lowest BCUT2D eigenvalue weighted by Gasteiger charge is -2.02. The molecular weight excluding hydrogens is 234 g/mol. The highest BCUT2D eigenvalue weighted by Gasteiger charge is 2.13. The van der Waals surface area contributed by atoms with Crippen LogP contribution in [-0.4, -0.2) is 23.5 Å². The Morgan fingerprint density at radius 1 is 1.31 bits per heavy atom. The standard InChI is InChI=1S/C10H18ClNO4/c1-16-10(13)8-6-4-2-3-5-7-9(11)12(14)15/h9H,2-8H2,1H3. The second-order valence-electron chi connectivity index (χ2n) is 3.60. The minimum absolute atomic E-state index is 0.186. The summed E-state index contributed by atoms with van der Waals surface area (Å²) in [5, 5.41) is 10.2. The van der Waals surface area contributed by atoms with Gasteiger partial charge in [-0.25, -0.2) is 0 Å². The fraction of sp³-hybridized carbons (Fsp3) is 0.900. The van der Waals surface area contributed by atoms with Gasteiger partial charge in [-0.15, -0.1) is 0 Å². The van der Waals surface area contributed by atoms with Gasteiger partial charge in [0.05, 0.1) is 7.11 Å². The van der Waals surface area contributed by atoms with Crippen molar-refractivity contribution < 1.29 is 14.5 Å². The third-order valence-corrected chi connectivity index (χ3v) is 2.66. The second kappa shape index (κ2) is 9.39. The molecule has 0 radical (unpaired) electrons. The SMILES string of the molecule is COC(=O)CCCCCCCC(Cl)[N+](=O)[O-]. The van der Waals surface area contributed by atoms with Gasteiger partial charge in [0.15, 0.2) is 0 Å². The predicted octanol–water partition coefficient (Wildman–Crippen LogP) is 2.73. The number of hydrogen-bond acceptors (Lipinski definition) is 4. The van der Waals surface area contributed by atoms with E-state index in [9.17, 15) is 14.9 Å². The van der Waals surface area contributed by atoms with Crippen molar-refractivity contribution in [2.45, 2.75) is 50.4 Å². The first-order valence-corrected chi connectivity index (χ1v) is 5.86. The summed E-state index contributed by atoms with van der Waals surface area (Å²) in [5.74, 6) is -0.186. The first-order chi connectivity index (χ1) is 7.57. The van der Waals surface area contributed by atoms with Crippen molar-refractivity contribution in [1.29, 1.82) is 0 Å². The number of carbonyl (C=O) groups is 1. The van der Waals surface area contributed by atoms with E-state index in [1.165, 1.54) is 7.11 Å². The molecule has 0 aromatic rings. The Morgan fingerprint density at radius 2 is 1.88 bits per heavy atom. The van der Waals surface area contributed by atoms with Gasteiger partial charge in [0.2, 0.25) is 0 Å². The number of halogens is 1. The lowest BCUT2D eigenvalue weighted by Crippen LogP contribution is -2.11. The van der Waals surface area contributed by atoms with E-state index in [1.54, 1.807) is 0 Å². The fourth-order valence-corrected chi connectivity index (χ4v) is 1.47. The van der Waals surface area contributed by atoms with Crippen LogP contribution in [0, 0.1) is 10.1 Å². The summed E-state index contributed by atoms with van der Waals surface area (Å²) in [6, 6.07) is 0. The number of ether oxygens (including phenoxy) is 1. The van der Waals surface area contributed by atoms with E-state index in [2.05, 4.69) is 4.74 Å². The molecule has 0 rings (SSSR count). The Labute approximate surface area is 100 Å². The molecule has 16 heavy (non-hydrogen) atoms. The van der Waals surface area contributed by atoms with Gasteiger partial charge in [0.1, 0.15) is 0 Å². The number of hydrogen-bond donors (Lipinski definition) is 0.